The van der Waals surface area contributed by atoms with Crippen LogP contribution in [0.25, 0.3) is 0 Å². The third-order valence-electron chi connectivity index (χ3n) is 7.53. The molecular formula is C28H36Cl2N4OS. The summed E-state index contributed by atoms with van der Waals surface area (Å²) in [5, 5.41) is 2.11. The number of thiocarbonyl (C=S) groups is 1. The predicted molar refractivity (Wildman–Crippen MR) is 153 cm³/mol. The van der Waals surface area contributed by atoms with E-state index in [0.29, 0.717) is 28.2 Å². The zero-order chi connectivity index (χ0) is 25.7. The van der Waals surface area contributed by atoms with Crippen molar-refractivity contribution in [1.29, 1.82) is 0 Å². The molecule has 0 saturated carbocycles. The summed E-state index contributed by atoms with van der Waals surface area (Å²) in [5.41, 5.74) is 1.82. The molecule has 2 saturated heterocycles. The van der Waals surface area contributed by atoms with Crippen LogP contribution in [0.3, 0.4) is 0 Å². The first-order valence-electron chi connectivity index (χ1n) is 12.8. The monoisotopic (exact) mass is 546 g/mol. The van der Waals surface area contributed by atoms with Crippen molar-refractivity contribution in [3.63, 3.8) is 0 Å². The Morgan fingerprint density at radius 2 is 1.78 bits per heavy atom. The van der Waals surface area contributed by atoms with Crippen molar-refractivity contribution < 1.29 is 4.79 Å². The van der Waals surface area contributed by atoms with Crippen LogP contribution in [0.1, 0.15) is 47.5 Å². The lowest BCUT2D eigenvalue weighted by molar-refractivity contribution is 0.0780. The second-order valence-corrected chi connectivity index (χ2v) is 11.2. The van der Waals surface area contributed by atoms with E-state index in [9.17, 15) is 4.79 Å². The number of hydrogen-bond donors (Lipinski definition) is 0. The van der Waals surface area contributed by atoms with Crippen LogP contribution in [0.15, 0.2) is 48.5 Å². The summed E-state index contributed by atoms with van der Waals surface area (Å²) < 4.78 is 0. The van der Waals surface area contributed by atoms with Gasteiger partial charge in [-0.1, -0.05) is 47.5 Å². The van der Waals surface area contributed by atoms with Gasteiger partial charge in [0.05, 0.1) is 10.0 Å². The van der Waals surface area contributed by atoms with Gasteiger partial charge >= 0.3 is 0 Å². The number of hydrogen-bond acceptors (Lipinski definition) is 3. The van der Waals surface area contributed by atoms with E-state index in [4.69, 9.17) is 35.4 Å². The summed E-state index contributed by atoms with van der Waals surface area (Å²) in [7, 11) is 3.98. The normalized spacial score (nSPS) is 18.4. The molecule has 0 N–H and O–H groups in total. The molecule has 0 spiro atoms. The second kappa shape index (κ2) is 12.6. The van der Waals surface area contributed by atoms with Crippen LogP contribution in [0, 0.1) is 0 Å². The number of benzene rings is 2. The molecule has 2 aliphatic rings. The Kier molecular flexibility index (Phi) is 9.51. The highest BCUT2D eigenvalue weighted by molar-refractivity contribution is 7.80. The molecule has 0 aromatic heterocycles. The maximum Gasteiger partial charge on any atom is 0.253 e. The van der Waals surface area contributed by atoms with Gasteiger partial charge in [0.2, 0.25) is 0 Å². The van der Waals surface area contributed by atoms with Gasteiger partial charge in [0.15, 0.2) is 5.11 Å². The fourth-order valence-corrected chi connectivity index (χ4v) is 6.00. The number of likely N-dealkylation sites (N-methyl/N-ethyl adjacent to an activating group) is 1. The number of likely N-dealkylation sites (tertiary alicyclic amines) is 1. The van der Waals surface area contributed by atoms with Crippen molar-refractivity contribution in [3.05, 3.63) is 69.7 Å². The predicted octanol–water partition coefficient (Wildman–Crippen LogP) is 5.63. The van der Waals surface area contributed by atoms with E-state index in [1.807, 2.05) is 60.5 Å². The van der Waals surface area contributed by atoms with Crippen LogP contribution in [0.5, 0.6) is 0 Å². The number of rotatable bonds is 8. The van der Waals surface area contributed by atoms with Crippen molar-refractivity contribution in [2.24, 2.45) is 0 Å². The molecule has 1 atom stereocenters. The van der Waals surface area contributed by atoms with Gasteiger partial charge in [-0.25, -0.2) is 0 Å². The Morgan fingerprint density at radius 1 is 1.06 bits per heavy atom. The molecule has 2 aliphatic heterocycles. The highest BCUT2D eigenvalue weighted by Gasteiger charge is 2.30. The van der Waals surface area contributed by atoms with Gasteiger partial charge in [0.25, 0.3) is 5.91 Å². The first-order valence-corrected chi connectivity index (χ1v) is 14.0. The van der Waals surface area contributed by atoms with E-state index in [-0.39, 0.29) is 11.8 Å². The van der Waals surface area contributed by atoms with Crippen LogP contribution in [-0.4, -0.2) is 90.0 Å². The topological polar surface area (TPSA) is 30.0 Å². The number of halogens is 2. The van der Waals surface area contributed by atoms with Gasteiger partial charge in [-0.15, -0.1) is 0 Å². The third kappa shape index (κ3) is 6.71. The molecule has 5 nitrogen and oxygen atoms in total. The van der Waals surface area contributed by atoms with Crippen LogP contribution < -0.4 is 0 Å². The molecule has 1 amide bonds. The Morgan fingerprint density at radius 3 is 2.47 bits per heavy atom. The highest BCUT2D eigenvalue weighted by atomic mass is 35.5. The minimum Gasteiger partial charge on any atom is -0.352 e. The summed E-state index contributed by atoms with van der Waals surface area (Å²) >= 11 is 18.3. The fourth-order valence-electron chi connectivity index (χ4n) is 5.36. The molecule has 8 heteroatoms. The molecule has 194 valence electrons. The summed E-state index contributed by atoms with van der Waals surface area (Å²) in [6, 6.07) is 15.8. The smallest absolute Gasteiger partial charge is 0.253 e. The minimum atomic E-state index is 0.0314. The third-order valence-corrected chi connectivity index (χ3v) is 8.82. The molecule has 2 aromatic rings. The summed E-state index contributed by atoms with van der Waals surface area (Å²) in [5.74, 6) is 0.197. The Balaban J connectivity index is 1.38. The molecule has 36 heavy (non-hydrogen) atoms. The Hall–Kier alpha value is -1.86. The zero-order valence-electron chi connectivity index (χ0n) is 21.2. The largest absolute Gasteiger partial charge is 0.352 e. The lowest BCUT2D eigenvalue weighted by Gasteiger charge is -2.44. The summed E-state index contributed by atoms with van der Waals surface area (Å²) in [6.45, 7) is 5.88. The molecule has 2 fully saturated rings. The quantitative estimate of drug-likeness (QED) is 0.400. The molecule has 2 aromatic carbocycles. The maximum atomic E-state index is 13.0. The van der Waals surface area contributed by atoms with E-state index < -0.39 is 0 Å². The molecule has 4 rings (SSSR count). The molecule has 2 heterocycles. The Labute approximate surface area is 230 Å². The van der Waals surface area contributed by atoms with Crippen molar-refractivity contribution in [2.45, 2.75) is 37.6 Å². The van der Waals surface area contributed by atoms with Crippen LogP contribution in [0.2, 0.25) is 10.0 Å². The van der Waals surface area contributed by atoms with E-state index >= 15 is 0 Å². The summed E-state index contributed by atoms with van der Waals surface area (Å²) in [4.78, 5) is 22.1. The van der Waals surface area contributed by atoms with E-state index in [1.165, 1.54) is 6.42 Å². The minimum absolute atomic E-state index is 0.0314. The van der Waals surface area contributed by atoms with Gasteiger partial charge in [-0.05, 0) is 74.3 Å². The first kappa shape index (κ1) is 27.2. The molecule has 0 aliphatic carbocycles. The highest BCUT2D eigenvalue weighted by Crippen LogP contribution is 2.30. The van der Waals surface area contributed by atoms with Crippen molar-refractivity contribution in [1.82, 2.24) is 19.6 Å². The molecule has 1 unspecified atom stereocenters. The van der Waals surface area contributed by atoms with Gasteiger partial charge in [0, 0.05) is 64.3 Å². The standard InChI is InChI=1S/C28H36Cl2N4OS/c1-31-14-6-15-34(28(31)36)24-12-17-33(18-13-24)16-11-23(22-9-10-25(29)26(30)19-22)20-32(2)27(35)21-7-4-3-5-8-21/h3-5,7-10,19,23-24H,6,11-18,20H2,1-2H3. The van der Waals surface area contributed by atoms with Gasteiger partial charge < -0.3 is 19.6 Å². The van der Waals surface area contributed by atoms with Crippen molar-refractivity contribution in [2.75, 3.05) is 53.4 Å². The maximum absolute atomic E-state index is 13.0. The lowest BCUT2D eigenvalue weighted by Crippen LogP contribution is -2.54. The molecular weight excluding hydrogens is 511 g/mol. The number of carbonyl (C=O) groups excluding carboxylic acids is 1. The lowest BCUT2D eigenvalue weighted by atomic mass is 9.93. The van der Waals surface area contributed by atoms with Crippen molar-refractivity contribution in [3.8, 4) is 0 Å². The van der Waals surface area contributed by atoms with E-state index in [1.54, 1.807) is 0 Å². The first-order chi connectivity index (χ1) is 17.3. The number of amides is 1. The molecule has 0 bridgehead atoms. The second-order valence-electron chi connectivity index (χ2n) is 10.0. The van der Waals surface area contributed by atoms with Gasteiger partial charge in [0.1, 0.15) is 0 Å². The van der Waals surface area contributed by atoms with Crippen LogP contribution in [0.4, 0.5) is 0 Å². The average Bonchev–Trinajstić information content (AvgIpc) is 2.90. The Bertz CT molecular complexity index is 1050. The fraction of sp³-hybridized carbons (Fsp3) is 0.500. The van der Waals surface area contributed by atoms with E-state index in [0.717, 1.165) is 62.7 Å². The van der Waals surface area contributed by atoms with Crippen LogP contribution in [-0.2, 0) is 0 Å². The zero-order valence-corrected chi connectivity index (χ0v) is 23.5. The average molecular weight is 548 g/mol. The number of nitrogens with zero attached hydrogens (tertiary/aromatic N) is 4. The number of piperidine rings is 1. The summed E-state index contributed by atoms with van der Waals surface area (Å²) in [6.07, 6.45) is 4.40. The van der Waals surface area contributed by atoms with Crippen molar-refractivity contribution >= 4 is 46.4 Å². The number of carbonyl (C=O) groups is 1. The SMILES string of the molecule is CN(CC(CCN1CCC(N2CCCN(C)C2=S)CC1)c1ccc(Cl)c(Cl)c1)C(=O)c1ccccc1. The van der Waals surface area contributed by atoms with Gasteiger partial charge in [-0.3, -0.25) is 4.79 Å². The van der Waals surface area contributed by atoms with Gasteiger partial charge in [-0.2, -0.15) is 0 Å². The van der Waals surface area contributed by atoms with E-state index in [2.05, 4.69) is 21.7 Å². The van der Waals surface area contributed by atoms with Crippen LogP contribution >= 0.6 is 35.4 Å². The molecule has 0 radical (unpaired) electrons.